The van der Waals surface area contributed by atoms with Crippen molar-refractivity contribution < 1.29 is 8.42 Å². The Bertz CT molecular complexity index is 1150. The van der Waals surface area contributed by atoms with Crippen LogP contribution in [0.3, 0.4) is 0 Å². The lowest BCUT2D eigenvalue weighted by molar-refractivity contribution is 0.599. The van der Waals surface area contributed by atoms with Crippen LogP contribution in [0.15, 0.2) is 29.3 Å². The van der Waals surface area contributed by atoms with E-state index in [-0.39, 0.29) is 0 Å². The lowest BCUT2D eigenvalue weighted by Crippen LogP contribution is -2.19. The zero-order valence-electron chi connectivity index (χ0n) is 17.4. The lowest BCUT2D eigenvalue weighted by atomic mass is 9.95. The molecule has 148 valence electrons. The maximum Gasteiger partial charge on any atom is 0.262 e. The van der Waals surface area contributed by atoms with E-state index in [1.807, 2.05) is 54.5 Å². The number of aryl methyl sites for hydroxylation is 2. The minimum Gasteiger partial charge on any atom is -0.276 e. The average Bonchev–Trinajstić information content (AvgIpc) is 2.96. The summed E-state index contributed by atoms with van der Waals surface area (Å²) in [6.07, 6.45) is 1.63. The number of pyridine rings is 1. The van der Waals surface area contributed by atoms with Crippen LogP contribution in [-0.2, 0) is 10.0 Å². The molecule has 0 aliphatic rings. The summed E-state index contributed by atoms with van der Waals surface area (Å²) in [6, 6.07) is 5.33. The fraction of sp³-hybridized carbons (Fsp3) is 0.333. The molecule has 3 aromatic rings. The molecule has 0 saturated heterocycles. The Morgan fingerprint density at radius 3 is 2.00 bits per heavy atom. The van der Waals surface area contributed by atoms with E-state index in [2.05, 4.69) is 14.8 Å². The third kappa shape index (κ3) is 3.30. The van der Waals surface area contributed by atoms with Gasteiger partial charge in [0, 0.05) is 11.9 Å². The van der Waals surface area contributed by atoms with Crippen LogP contribution in [0.25, 0.3) is 5.82 Å². The van der Waals surface area contributed by atoms with Crippen molar-refractivity contribution in [3.63, 3.8) is 0 Å². The van der Waals surface area contributed by atoms with Crippen molar-refractivity contribution in [2.45, 2.75) is 53.4 Å². The van der Waals surface area contributed by atoms with Crippen molar-refractivity contribution in [1.29, 1.82) is 0 Å². The normalized spacial score (nSPS) is 11.7. The first kappa shape index (κ1) is 20.1. The lowest BCUT2D eigenvalue weighted by Gasteiger charge is -2.20. The van der Waals surface area contributed by atoms with Crippen LogP contribution >= 0.6 is 0 Å². The van der Waals surface area contributed by atoms with Gasteiger partial charge in [0.2, 0.25) is 0 Å². The van der Waals surface area contributed by atoms with Crippen molar-refractivity contribution in [2.75, 3.05) is 4.72 Å². The van der Waals surface area contributed by atoms with E-state index in [4.69, 9.17) is 0 Å². The third-order valence-electron chi connectivity index (χ3n) is 5.44. The summed E-state index contributed by atoms with van der Waals surface area (Å²) in [5, 5.41) is 4.44. The van der Waals surface area contributed by atoms with Gasteiger partial charge in [0.25, 0.3) is 10.0 Å². The highest BCUT2D eigenvalue weighted by molar-refractivity contribution is 7.92. The molecular formula is C21H26N4O2S. The summed E-state index contributed by atoms with van der Waals surface area (Å²) in [4.78, 5) is 4.70. The van der Waals surface area contributed by atoms with Gasteiger partial charge in [-0.25, -0.2) is 18.1 Å². The van der Waals surface area contributed by atoms with Crippen LogP contribution < -0.4 is 4.72 Å². The molecule has 0 aliphatic heterocycles. The highest BCUT2D eigenvalue weighted by atomic mass is 32.2. The first-order valence-electron chi connectivity index (χ1n) is 9.13. The van der Waals surface area contributed by atoms with Gasteiger partial charge in [-0.05, 0) is 94.5 Å². The Balaban J connectivity index is 2.15. The summed E-state index contributed by atoms with van der Waals surface area (Å²) < 4.78 is 31.1. The number of sulfonamides is 1. The van der Waals surface area contributed by atoms with Crippen LogP contribution in [0.2, 0.25) is 0 Å². The van der Waals surface area contributed by atoms with Crippen molar-refractivity contribution in [1.82, 2.24) is 14.8 Å². The van der Waals surface area contributed by atoms with Gasteiger partial charge < -0.3 is 0 Å². The SMILES string of the molecule is Cc1cc(C)n(-c2ncccc2NS(=O)(=O)c2c(C)c(C)c(C)c(C)c2C)n1. The predicted molar refractivity (Wildman–Crippen MR) is 112 cm³/mol. The van der Waals surface area contributed by atoms with Gasteiger partial charge in [-0.15, -0.1) is 0 Å². The van der Waals surface area contributed by atoms with Crippen LogP contribution in [0, 0.1) is 48.5 Å². The molecule has 0 aliphatic carbocycles. The molecule has 0 bridgehead atoms. The second kappa shape index (κ2) is 7.05. The third-order valence-corrected chi connectivity index (χ3v) is 7.08. The van der Waals surface area contributed by atoms with Gasteiger partial charge in [-0.2, -0.15) is 5.10 Å². The summed E-state index contributed by atoms with van der Waals surface area (Å²) in [5.74, 6) is 0.451. The molecule has 0 saturated carbocycles. The monoisotopic (exact) mass is 398 g/mol. The van der Waals surface area contributed by atoms with Crippen LogP contribution in [-0.4, -0.2) is 23.2 Å². The maximum absolute atomic E-state index is 13.4. The van der Waals surface area contributed by atoms with Gasteiger partial charge >= 0.3 is 0 Å². The highest BCUT2D eigenvalue weighted by Crippen LogP contribution is 2.31. The largest absolute Gasteiger partial charge is 0.276 e. The predicted octanol–water partition coefficient (Wildman–Crippen LogP) is 4.23. The van der Waals surface area contributed by atoms with Gasteiger partial charge in [0.05, 0.1) is 16.3 Å². The van der Waals surface area contributed by atoms with Crippen molar-refractivity contribution >= 4 is 15.7 Å². The summed E-state index contributed by atoms with van der Waals surface area (Å²) in [6.45, 7) is 13.5. The second-order valence-electron chi connectivity index (χ2n) is 7.27. The molecule has 0 spiro atoms. The number of benzene rings is 1. The molecule has 7 heteroatoms. The Kier molecular flexibility index (Phi) is 5.06. The highest BCUT2D eigenvalue weighted by Gasteiger charge is 2.25. The topological polar surface area (TPSA) is 76.9 Å². The Labute approximate surface area is 166 Å². The van der Waals surface area contributed by atoms with E-state index in [9.17, 15) is 8.42 Å². The first-order chi connectivity index (χ1) is 13.0. The molecule has 28 heavy (non-hydrogen) atoms. The van der Waals surface area contributed by atoms with Crippen molar-refractivity contribution in [3.8, 4) is 5.82 Å². The molecule has 0 atom stereocenters. The summed E-state index contributed by atoms with van der Waals surface area (Å²) >= 11 is 0. The van der Waals surface area contributed by atoms with E-state index < -0.39 is 10.0 Å². The van der Waals surface area contributed by atoms with Gasteiger partial charge in [0.15, 0.2) is 5.82 Å². The van der Waals surface area contributed by atoms with Crippen LogP contribution in [0.1, 0.15) is 39.2 Å². The minimum absolute atomic E-state index is 0.330. The van der Waals surface area contributed by atoms with E-state index in [0.717, 1.165) is 39.2 Å². The summed E-state index contributed by atoms with van der Waals surface area (Å²) in [7, 11) is -3.80. The van der Waals surface area contributed by atoms with E-state index in [1.165, 1.54) is 0 Å². The molecule has 1 N–H and O–H groups in total. The molecular weight excluding hydrogens is 372 g/mol. The Morgan fingerprint density at radius 1 is 0.893 bits per heavy atom. The molecule has 3 rings (SSSR count). The molecule has 0 amide bonds. The Hall–Kier alpha value is -2.67. The second-order valence-corrected chi connectivity index (χ2v) is 8.89. The molecule has 0 unspecified atom stereocenters. The molecule has 0 radical (unpaired) electrons. The molecule has 1 aromatic carbocycles. The number of hydrogen-bond acceptors (Lipinski definition) is 4. The average molecular weight is 399 g/mol. The van der Waals surface area contributed by atoms with E-state index in [0.29, 0.717) is 16.4 Å². The Morgan fingerprint density at radius 2 is 1.46 bits per heavy atom. The minimum atomic E-state index is -3.80. The quantitative estimate of drug-likeness (QED) is 0.713. The zero-order valence-corrected chi connectivity index (χ0v) is 18.2. The molecule has 2 heterocycles. The molecule has 2 aromatic heterocycles. The van der Waals surface area contributed by atoms with Crippen molar-refractivity contribution in [3.05, 3.63) is 63.6 Å². The molecule has 0 fully saturated rings. The maximum atomic E-state index is 13.4. The number of hydrogen-bond donors (Lipinski definition) is 1. The van der Waals surface area contributed by atoms with Crippen LogP contribution in [0.4, 0.5) is 5.69 Å². The van der Waals surface area contributed by atoms with E-state index in [1.54, 1.807) is 23.0 Å². The number of nitrogens with zero attached hydrogens (tertiary/aromatic N) is 3. The smallest absolute Gasteiger partial charge is 0.262 e. The standard InChI is InChI=1S/C21H26N4O2S/c1-12-11-13(2)25(23-12)21-19(9-8-10-22-21)24-28(26,27)20-17(6)15(4)14(3)16(5)18(20)7/h8-11,24H,1-7H3. The zero-order chi connectivity index (χ0) is 20.8. The number of nitrogens with one attached hydrogen (secondary N) is 1. The number of rotatable bonds is 4. The van der Waals surface area contributed by atoms with Gasteiger partial charge in [-0.3, -0.25) is 4.72 Å². The number of anilines is 1. The van der Waals surface area contributed by atoms with E-state index >= 15 is 0 Å². The first-order valence-corrected chi connectivity index (χ1v) is 10.6. The molecule has 6 nitrogen and oxygen atoms in total. The van der Waals surface area contributed by atoms with Crippen LogP contribution in [0.5, 0.6) is 0 Å². The van der Waals surface area contributed by atoms with Gasteiger partial charge in [-0.1, -0.05) is 0 Å². The van der Waals surface area contributed by atoms with Gasteiger partial charge in [0.1, 0.15) is 0 Å². The fourth-order valence-corrected chi connectivity index (χ4v) is 5.22. The fourth-order valence-electron chi connectivity index (χ4n) is 3.55. The van der Waals surface area contributed by atoms with Crippen molar-refractivity contribution in [2.24, 2.45) is 0 Å². The number of aromatic nitrogens is 3. The summed E-state index contributed by atoms with van der Waals surface area (Å²) in [5.41, 5.74) is 6.76.